The molecule has 0 saturated heterocycles. The number of aromatic nitrogens is 1. The molecule has 2 aliphatic rings. The number of carbonyl (C=O) groups excluding carboxylic acids is 1. The lowest BCUT2D eigenvalue weighted by Crippen LogP contribution is -2.55. The standard InChI is InChI=1S/C34H36ClN3O/c1-37(2)32(25-11-4-3-5-12-25)26-18-21-34(22-19-26)33-28(27-13-7-9-15-30(27)36-33)20-23-38(34)31(39)17-16-24-10-6-8-14-29(24)35/h3-17,26,32,36H,18-23H2,1-2H3. The number of para-hydroxylation sites is 1. The van der Waals surface area contributed by atoms with Crippen LogP contribution in [-0.2, 0) is 16.8 Å². The van der Waals surface area contributed by atoms with Gasteiger partial charge in [0.2, 0.25) is 5.91 Å². The van der Waals surface area contributed by atoms with Crippen LogP contribution in [-0.4, -0.2) is 41.3 Å². The predicted octanol–water partition coefficient (Wildman–Crippen LogP) is 7.61. The van der Waals surface area contributed by atoms with Crippen molar-refractivity contribution in [3.05, 3.63) is 112 Å². The van der Waals surface area contributed by atoms with Gasteiger partial charge >= 0.3 is 0 Å². The van der Waals surface area contributed by atoms with Crippen molar-refractivity contribution in [2.75, 3.05) is 20.6 Å². The van der Waals surface area contributed by atoms with Crippen molar-refractivity contribution >= 4 is 34.5 Å². The fourth-order valence-electron chi connectivity index (χ4n) is 7.21. The summed E-state index contributed by atoms with van der Waals surface area (Å²) in [6, 6.07) is 27.5. The molecule has 1 unspecified atom stereocenters. The van der Waals surface area contributed by atoms with Gasteiger partial charge in [-0.05, 0) is 87.0 Å². The van der Waals surface area contributed by atoms with E-state index >= 15 is 0 Å². The Balaban J connectivity index is 1.35. The van der Waals surface area contributed by atoms with Crippen LogP contribution in [0.4, 0.5) is 0 Å². The number of benzene rings is 3. The zero-order valence-corrected chi connectivity index (χ0v) is 23.5. The van der Waals surface area contributed by atoms with E-state index in [0.29, 0.717) is 17.0 Å². The SMILES string of the molecule is CN(C)C(c1ccccc1)C1CCC2(CC1)c1[nH]c3ccccc3c1CCN2C(=O)C=Cc1ccccc1Cl. The van der Waals surface area contributed by atoms with Gasteiger partial charge in [0.05, 0.1) is 5.54 Å². The first-order chi connectivity index (χ1) is 19.0. The van der Waals surface area contributed by atoms with Crippen LogP contribution in [0.1, 0.15) is 54.1 Å². The minimum absolute atomic E-state index is 0.0601. The number of amides is 1. The van der Waals surface area contributed by atoms with E-state index in [1.807, 2.05) is 30.3 Å². The maximum atomic E-state index is 13.9. The summed E-state index contributed by atoms with van der Waals surface area (Å²) in [6.07, 6.45) is 8.45. The quantitative estimate of drug-likeness (QED) is 0.266. The highest BCUT2D eigenvalue weighted by atomic mass is 35.5. The van der Waals surface area contributed by atoms with E-state index in [1.54, 1.807) is 6.08 Å². The number of carbonyl (C=O) groups is 1. The summed E-state index contributed by atoms with van der Waals surface area (Å²) >= 11 is 6.38. The van der Waals surface area contributed by atoms with Gasteiger partial charge in [0.25, 0.3) is 0 Å². The maximum Gasteiger partial charge on any atom is 0.247 e. The van der Waals surface area contributed by atoms with Gasteiger partial charge in [-0.25, -0.2) is 0 Å². The van der Waals surface area contributed by atoms with Crippen molar-refractivity contribution in [1.82, 2.24) is 14.8 Å². The van der Waals surface area contributed by atoms with Crippen molar-refractivity contribution in [2.24, 2.45) is 5.92 Å². The number of rotatable bonds is 5. The summed E-state index contributed by atoms with van der Waals surface area (Å²) < 4.78 is 0. The van der Waals surface area contributed by atoms with Crippen LogP contribution in [0.3, 0.4) is 0 Å². The second kappa shape index (κ2) is 10.7. The van der Waals surface area contributed by atoms with Crippen LogP contribution < -0.4 is 0 Å². The average molecular weight is 538 g/mol. The molecule has 1 aliphatic carbocycles. The molecule has 200 valence electrons. The third-order valence-electron chi connectivity index (χ3n) is 8.96. The van der Waals surface area contributed by atoms with Gasteiger partial charge in [-0.15, -0.1) is 0 Å². The first-order valence-corrected chi connectivity index (χ1v) is 14.4. The first-order valence-electron chi connectivity index (χ1n) is 14.0. The molecule has 1 aromatic heterocycles. The Morgan fingerprint density at radius 1 is 1.00 bits per heavy atom. The van der Waals surface area contributed by atoms with E-state index < -0.39 is 0 Å². The largest absolute Gasteiger partial charge is 0.356 e. The van der Waals surface area contributed by atoms with E-state index in [-0.39, 0.29) is 11.4 Å². The molecule has 1 amide bonds. The third kappa shape index (κ3) is 4.70. The van der Waals surface area contributed by atoms with Crippen molar-refractivity contribution in [3.63, 3.8) is 0 Å². The van der Waals surface area contributed by atoms with Crippen molar-refractivity contribution in [3.8, 4) is 0 Å². The Morgan fingerprint density at radius 3 is 2.44 bits per heavy atom. The number of aromatic amines is 1. The van der Waals surface area contributed by atoms with Gasteiger partial charge in [-0.2, -0.15) is 0 Å². The van der Waals surface area contributed by atoms with E-state index in [0.717, 1.165) is 44.2 Å². The summed E-state index contributed by atoms with van der Waals surface area (Å²) in [6.45, 7) is 0.723. The van der Waals surface area contributed by atoms with E-state index in [2.05, 4.69) is 83.5 Å². The number of hydrogen-bond acceptors (Lipinski definition) is 2. The van der Waals surface area contributed by atoms with Crippen molar-refractivity contribution in [2.45, 2.75) is 43.7 Å². The Morgan fingerprint density at radius 2 is 1.69 bits per heavy atom. The highest BCUT2D eigenvalue weighted by molar-refractivity contribution is 6.32. The molecule has 3 aromatic carbocycles. The number of halogens is 1. The van der Waals surface area contributed by atoms with E-state index in [9.17, 15) is 4.79 Å². The van der Waals surface area contributed by atoms with Gasteiger partial charge in [0, 0.05) is 40.3 Å². The van der Waals surface area contributed by atoms with Crippen LogP contribution in [0.25, 0.3) is 17.0 Å². The second-order valence-electron chi connectivity index (χ2n) is 11.3. The number of fused-ring (bicyclic) bond motifs is 4. The molecular weight excluding hydrogens is 502 g/mol. The first kappa shape index (κ1) is 25.9. The number of H-pyrrole nitrogens is 1. The summed E-state index contributed by atoms with van der Waals surface area (Å²) in [5.74, 6) is 0.586. The number of nitrogens with one attached hydrogen (secondary N) is 1. The lowest BCUT2D eigenvalue weighted by Gasteiger charge is -2.51. The minimum Gasteiger partial charge on any atom is -0.356 e. The zero-order valence-electron chi connectivity index (χ0n) is 22.7. The van der Waals surface area contributed by atoms with E-state index in [1.165, 1.54) is 27.7 Å². The number of nitrogens with zero attached hydrogens (tertiary/aromatic N) is 2. The van der Waals surface area contributed by atoms with Crippen molar-refractivity contribution in [1.29, 1.82) is 0 Å². The lowest BCUT2D eigenvalue weighted by atomic mass is 9.68. The molecule has 2 heterocycles. The Labute approximate surface area is 236 Å². The fraction of sp³-hybridized carbons (Fsp3) is 0.324. The molecule has 0 radical (unpaired) electrons. The highest BCUT2D eigenvalue weighted by Gasteiger charge is 2.49. The van der Waals surface area contributed by atoms with Crippen molar-refractivity contribution < 1.29 is 4.79 Å². The van der Waals surface area contributed by atoms with Crippen LogP contribution >= 0.6 is 11.6 Å². The zero-order chi connectivity index (χ0) is 27.0. The molecule has 6 rings (SSSR count). The van der Waals surface area contributed by atoms with Gasteiger partial charge in [-0.1, -0.05) is 78.3 Å². The molecule has 1 spiro atoms. The second-order valence-corrected chi connectivity index (χ2v) is 11.7. The topological polar surface area (TPSA) is 39.3 Å². The molecule has 4 aromatic rings. The van der Waals surface area contributed by atoms with Crippen LogP contribution in [0.15, 0.2) is 84.9 Å². The van der Waals surface area contributed by atoms with Gasteiger partial charge in [0.15, 0.2) is 0 Å². The smallest absolute Gasteiger partial charge is 0.247 e. The summed E-state index contributed by atoms with van der Waals surface area (Å²) in [4.78, 5) is 22.2. The normalized spacial score (nSPS) is 22.1. The Kier molecular flexibility index (Phi) is 7.09. The molecular formula is C34H36ClN3O. The molecule has 1 fully saturated rings. The van der Waals surface area contributed by atoms with Gasteiger partial charge in [0.1, 0.15) is 0 Å². The molecule has 1 saturated carbocycles. The Bertz CT molecular complexity index is 1500. The van der Waals surface area contributed by atoms with Crippen LogP contribution in [0.5, 0.6) is 0 Å². The molecule has 0 bridgehead atoms. The molecule has 1 N–H and O–H groups in total. The Hall–Kier alpha value is -3.34. The molecule has 1 atom stereocenters. The maximum absolute atomic E-state index is 13.9. The summed E-state index contributed by atoms with van der Waals surface area (Å²) in [5, 5.41) is 1.95. The third-order valence-corrected chi connectivity index (χ3v) is 9.30. The predicted molar refractivity (Wildman–Crippen MR) is 161 cm³/mol. The monoisotopic (exact) mass is 537 g/mol. The molecule has 1 aliphatic heterocycles. The number of hydrogen-bond donors (Lipinski definition) is 1. The molecule has 39 heavy (non-hydrogen) atoms. The highest BCUT2D eigenvalue weighted by Crippen LogP contribution is 2.51. The van der Waals surface area contributed by atoms with Gasteiger partial charge < -0.3 is 14.8 Å². The van der Waals surface area contributed by atoms with Crippen LogP contribution in [0.2, 0.25) is 5.02 Å². The molecule has 5 heteroatoms. The molecule has 4 nitrogen and oxygen atoms in total. The summed E-state index contributed by atoms with van der Waals surface area (Å²) in [5.41, 5.74) is 5.70. The summed E-state index contributed by atoms with van der Waals surface area (Å²) in [7, 11) is 4.38. The fourth-order valence-corrected chi connectivity index (χ4v) is 7.41. The minimum atomic E-state index is -0.335. The van der Waals surface area contributed by atoms with Crippen LogP contribution in [0, 0.1) is 5.92 Å². The van der Waals surface area contributed by atoms with Gasteiger partial charge in [-0.3, -0.25) is 4.79 Å². The van der Waals surface area contributed by atoms with E-state index in [4.69, 9.17) is 11.6 Å². The average Bonchev–Trinajstić information content (AvgIpc) is 3.34. The lowest BCUT2D eigenvalue weighted by molar-refractivity contribution is -0.136.